The quantitative estimate of drug-likeness (QED) is 0.559. The monoisotopic (exact) mass is 431 g/mol. The van der Waals surface area contributed by atoms with E-state index in [0.29, 0.717) is 23.0 Å². The molecule has 0 spiro atoms. The van der Waals surface area contributed by atoms with Crippen LogP contribution in [0.15, 0.2) is 72.8 Å². The molecule has 0 saturated carbocycles. The zero-order valence-electron chi connectivity index (χ0n) is 19.0. The fraction of sp³-hybridized carbons (Fsp3) is 0.296. The molecule has 0 N–H and O–H groups in total. The number of benzene rings is 3. The van der Waals surface area contributed by atoms with E-state index >= 15 is 0 Å². The Balaban J connectivity index is 1.44. The van der Waals surface area contributed by atoms with Gasteiger partial charge in [-0.15, -0.1) is 0 Å². The van der Waals surface area contributed by atoms with Gasteiger partial charge in [0.2, 0.25) is 0 Å². The van der Waals surface area contributed by atoms with Crippen molar-refractivity contribution in [1.82, 2.24) is 4.90 Å². The predicted molar refractivity (Wildman–Crippen MR) is 129 cm³/mol. The van der Waals surface area contributed by atoms with Crippen LogP contribution in [0.25, 0.3) is 0 Å². The van der Waals surface area contributed by atoms with E-state index < -0.39 is 0 Å². The van der Waals surface area contributed by atoms with E-state index in [1.54, 1.807) is 13.1 Å². The van der Waals surface area contributed by atoms with Gasteiger partial charge in [0.25, 0.3) is 5.91 Å². The minimum Gasteiger partial charge on any atom is -0.368 e. The third-order valence-electron chi connectivity index (χ3n) is 6.31. The maximum Gasteiger partial charge on any atom is 0.258 e. The predicted octanol–water partition coefficient (Wildman–Crippen LogP) is 4.83. The van der Waals surface area contributed by atoms with Crippen molar-refractivity contribution in [1.29, 1.82) is 0 Å². The van der Waals surface area contributed by atoms with Crippen molar-refractivity contribution in [2.75, 3.05) is 44.0 Å². The van der Waals surface area contributed by atoms with Crippen LogP contribution in [0.3, 0.4) is 0 Å². The fourth-order valence-electron chi connectivity index (χ4n) is 4.25. The second-order valence-electron chi connectivity index (χ2n) is 8.71. The first-order valence-corrected chi connectivity index (χ1v) is 11.0. The van der Waals surface area contributed by atoms with Gasteiger partial charge >= 0.3 is 0 Å². The van der Waals surface area contributed by atoms with Crippen LogP contribution in [0.1, 0.15) is 27.9 Å². The lowest BCUT2D eigenvalue weighted by Crippen LogP contribution is -2.31. The molecule has 4 nitrogen and oxygen atoms in total. The molecule has 5 heteroatoms. The number of carbonyl (C=O) groups is 1. The van der Waals surface area contributed by atoms with E-state index in [4.69, 9.17) is 0 Å². The van der Waals surface area contributed by atoms with E-state index in [2.05, 4.69) is 36.0 Å². The fourth-order valence-corrected chi connectivity index (χ4v) is 4.25. The Morgan fingerprint density at radius 1 is 0.969 bits per heavy atom. The molecule has 1 atom stereocenters. The summed E-state index contributed by atoms with van der Waals surface area (Å²) in [6, 6.07) is 23.4. The summed E-state index contributed by atoms with van der Waals surface area (Å²) < 4.78 is 14.9. The Morgan fingerprint density at radius 2 is 1.66 bits per heavy atom. The largest absolute Gasteiger partial charge is 0.368 e. The Hall–Kier alpha value is -3.18. The van der Waals surface area contributed by atoms with Gasteiger partial charge in [-0.1, -0.05) is 42.5 Å². The number of rotatable bonds is 6. The summed E-state index contributed by atoms with van der Waals surface area (Å²) in [5.41, 5.74) is 4.11. The van der Waals surface area contributed by atoms with Gasteiger partial charge in [-0.25, -0.2) is 4.39 Å². The van der Waals surface area contributed by atoms with Crippen molar-refractivity contribution >= 4 is 17.3 Å². The molecule has 1 unspecified atom stereocenters. The molecule has 0 aliphatic carbocycles. The summed E-state index contributed by atoms with van der Waals surface area (Å²) >= 11 is 0. The first-order chi connectivity index (χ1) is 15.4. The lowest BCUT2D eigenvalue weighted by atomic mass is 10.0. The maximum atomic E-state index is 14.9. The van der Waals surface area contributed by atoms with Crippen LogP contribution in [0, 0.1) is 5.82 Å². The highest BCUT2D eigenvalue weighted by Crippen LogP contribution is 2.29. The number of hydrogen-bond acceptors (Lipinski definition) is 3. The number of nitrogens with zero attached hydrogens (tertiary/aromatic N) is 3. The molecule has 1 fully saturated rings. The summed E-state index contributed by atoms with van der Waals surface area (Å²) in [6.07, 6.45) is 1.84. The van der Waals surface area contributed by atoms with Gasteiger partial charge in [-0.05, 0) is 68.4 Å². The van der Waals surface area contributed by atoms with E-state index in [0.717, 1.165) is 31.5 Å². The summed E-state index contributed by atoms with van der Waals surface area (Å²) in [5.74, 6) is -0.447. The lowest BCUT2D eigenvalue weighted by Gasteiger charge is -2.24. The van der Waals surface area contributed by atoms with E-state index in [1.807, 2.05) is 48.5 Å². The van der Waals surface area contributed by atoms with E-state index in [-0.39, 0.29) is 11.7 Å². The highest BCUT2D eigenvalue weighted by Gasteiger charge is 2.26. The Bertz CT molecular complexity index is 1070. The normalized spacial score (nSPS) is 15.9. The van der Waals surface area contributed by atoms with Crippen molar-refractivity contribution in [3.8, 4) is 0 Å². The third-order valence-corrected chi connectivity index (χ3v) is 6.31. The molecule has 32 heavy (non-hydrogen) atoms. The molecule has 166 valence electrons. The van der Waals surface area contributed by atoms with Crippen LogP contribution >= 0.6 is 0 Å². The molecule has 1 aliphatic rings. The minimum atomic E-state index is -0.292. The molecule has 1 saturated heterocycles. The summed E-state index contributed by atoms with van der Waals surface area (Å²) in [5, 5.41) is 0. The summed E-state index contributed by atoms with van der Waals surface area (Å²) in [7, 11) is 5.80. The molecule has 1 aliphatic heterocycles. The molecule has 4 rings (SSSR count). The SMILES string of the molecule is CN(C(=O)c1ccc(Cc2ccccc2)cc1)c1ccc(N2CCC(N(C)C)C2)c(F)c1. The van der Waals surface area contributed by atoms with Crippen molar-refractivity contribution < 1.29 is 9.18 Å². The van der Waals surface area contributed by atoms with Gasteiger partial charge in [-0.2, -0.15) is 0 Å². The number of amides is 1. The number of hydrogen-bond donors (Lipinski definition) is 0. The average molecular weight is 432 g/mol. The van der Waals surface area contributed by atoms with Crippen molar-refractivity contribution in [3.63, 3.8) is 0 Å². The van der Waals surface area contributed by atoms with Crippen molar-refractivity contribution in [3.05, 3.63) is 95.3 Å². The van der Waals surface area contributed by atoms with Crippen LogP contribution in [-0.4, -0.2) is 51.1 Å². The van der Waals surface area contributed by atoms with Gasteiger partial charge in [0.15, 0.2) is 0 Å². The summed E-state index contributed by atoms with van der Waals surface area (Å²) in [4.78, 5) is 18.7. The van der Waals surface area contributed by atoms with E-state index in [9.17, 15) is 9.18 Å². The minimum absolute atomic E-state index is 0.155. The first-order valence-electron chi connectivity index (χ1n) is 11.0. The number of carbonyl (C=O) groups excluding carboxylic acids is 1. The van der Waals surface area contributed by atoms with Gasteiger partial charge in [-0.3, -0.25) is 4.79 Å². The number of halogens is 1. The van der Waals surface area contributed by atoms with Crippen LogP contribution in [-0.2, 0) is 6.42 Å². The molecule has 1 amide bonds. The van der Waals surface area contributed by atoms with Gasteiger partial charge in [0, 0.05) is 37.4 Å². The Labute approximate surface area is 189 Å². The zero-order valence-corrected chi connectivity index (χ0v) is 19.0. The topological polar surface area (TPSA) is 26.8 Å². The zero-order chi connectivity index (χ0) is 22.7. The second-order valence-corrected chi connectivity index (χ2v) is 8.71. The second kappa shape index (κ2) is 9.53. The van der Waals surface area contributed by atoms with Gasteiger partial charge in [0.05, 0.1) is 5.69 Å². The first kappa shape index (κ1) is 22.0. The Kier molecular flexibility index (Phi) is 6.56. The van der Waals surface area contributed by atoms with Gasteiger partial charge < -0.3 is 14.7 Å². The number of likely N-dealkylation sites (N-methyl/N-ethyl adjacent to an activating group) is 1. The molecule has 3 aromatic rings. The maximum absolute atomic E-state index is 14.9. The standard InChI is InChI=1S/C27H30FN3O/c1-29(2)24-15-16-31(19-24)26-14-13-23(18-25(26)28)30(3)27(32)22-11-9-21(10-12-22)17-20-7-5-4-6-8-20/h4-14,18,24H,15-17,19H2,1-3H3. The molecule has 1 heterocycles. The average Bonchev–Trinajstić information content (AvgIpc) is 3.30. The van der Waals surface area contributed by atoms with Crippen LogP contribution < -0.4 is 9.80 Å². The molecular formula is C27H30FN3O. The molecule has 0 bridgehead atoms. The van der Waals surface area contributed by atoms with Gasteiger partial charge in [0.1, 0.15) is 5.82 Å². The Morgan fingerprint density at radius 3 is 2.28 bits per heavy atom. The van der Waals surface area contributed by atoms with Crippen molar-refractivity contribution in [2.45, 2.75) is 18.9 Å². The molecule has 0 radical (unpaired) electrons. The molecule has 3 aromatic carbocycles. The van der Waals surface area contributed by atoms with Crippen LogP contribution in [0.4, 0.5) is 15.8 Å². The summed E-state index contributed by atoms with van der Waals surface area (Å²) in [6.45, 7) is 1.65. The lowest BCUT2D eigenvalue weighted by molar-refractivity contribution is 0.0993. The number of anilines is 2. The molecule has 0 aromatic heterocycles. The van der Waals surface area contributed by atoms with Crippen LogP contribution in [0.5, 0.6) is 0 Å². The third kappa shape index (κ3) is 4.83. The van der Waals surface area contributed by atoms with Crippen molar-refractivity contribution in [2.24, 2.45) is 0 Å². The highest BCUT2D eigenvalue weighted by molar-refractivity contribution is 6.05. The highest BCUT2D eigenvalue weighted by atomic mass is 19.1. The van der Waals surface area contributed by atoms with E-state index in [1.165, 1.54) is 16.5 Å². The molecular weight excluding hydrogens is 401 g/mol. The smallest absolute Gasteiger partial charge is 0.258 e. The van der Waals surface area contributed by atoms with Crippen LogP contribution in [0.2, 0.25) is 0 Å².